The fourth-order valence-electron chi connectivity index (χ4n) is 1.82. The van der Waals surface area contributed by atoms with Crippen LogP contribution >= 0.6 is 12.2 Å². The molecule has 0 saturated carbocycles. The molecule has 2 unspecified atom stereocenters. The quantitative estimate of drug-likeness (QED) is 0.512. The number of amides is 1. The van der Waals surface area contributed by atoms with Gasteiger partial charge in [0.15, 0.2) is 5.11 Å². The lowest BCUT2D eigenvalue weighted by Crippen LogP contribution is -2.39. The lowest BCUT2D eigenvalue weighted by atomic mass is 10.0. The molecule has 8 heteroatoms. The van der Waals surface area contributed by atoms with Gasteiger partial charge in [0.1, 0.15) is 17.8 Å². The van der Waals surface area contributed by atoms with E-state index in [1.165, 1.54) is 0 Å². The van der Waals surface area contributed by atoms with E-state index in [1.54, 1.807) is 45.0 Å². The van der Waals surface area contributed by atoms with Gasteiger partial charge >= 0.3 is 6.09 Å². The van der Waals surface area contributed by atoms with Gasteiger partial charge in [-0.25, -0.2) is 4.79 Å². The summed E-state index contributed by atoms with van der Waals surface area (Å²) in [6.45, 7) is 5.03. The van der Waals surface area contributed by atoms with E-state index >= 15 is 0 Å². The molecule has 0 radical (unpaired) electrons. The molecule has 0 spiro atoms. The molecule has 0 heterocycles. The van der Waals surface area contributed by atoms with Crippen molar-refractivity contribution in [2.45, 2.75) is 38.6 Å². The first kappa shape index (κ1) is 19.1. The van der Waals surface area contributed by atoms with Gasteiger partial charge in [0, 0.05) is 17.8 Å². The van der Waals surface area contributed by atoms with Crippen LogP contribution in [0.1, 0.15) is 32.4 Å². The van der Waals surface area contributed by atoms with E-state index in [0.29, 0.717) is 11.3 Å². The molecule has 0 aliphatic heterocycles. The molecule has 0 bridgehead atoms. The molecule has 128 valence electrons. The predicted octanol–water partition coefficient (Wildman–Crippen LogP) is 1.26. The second kappa shape index (κ2) is 8.09. The minimum atomic E-state index is -1.23. The number of hydrogen-bond donors (Lipinski definition) is 5. The molecular weight excluding hydrogens is 318 g/mol. The SMILES string of the molecule is CC(C)(C)OC(=O)NCC(O)C(O)c1ccccc1NC(N)=S. The highest BCUT2D eigenvalue weighted by Gasteiger charge is 2.23. The molecule has 0 saturated heterocycles. The molecule has 0 aromatic heterocycles. The number of nitrogens with two attached hydrogens (primary N) is 1. The van der Waals surface area contributed by atoms with Gasteiger partial charge in [0.2, 0.25) is 0 Å². The van der Waals surface area contributed by atoms with Crippen LogP contribution in [0.15, 0.2) is 24.3 Å². The summed E-state index contributed by atoms with van der Waals surface area (Å²) in [5.74, 6) is 0. The summed E-state index contributed by atoms with van der Waals surface area (Å²) in [5.41, 5.74) is 5.70. The normalized spacial score (nSPS) is 13.8. The molecule has 7 nitrogen and oxygen atoms in total. The van der Waals surface area contributed by atoms with Crippen LogP contribution in [0.3, 0.4) is 0 Å². The minimum absolute atomic E-state index is 0.0472. The average molecular weight is 341 g/mol. The van der Waals surface area contributed by atoms with E-state index in [4.69, 9.17) is 22.7 Å². The van der Waals surface area contributed by atoms with Crippen molar-refractivity contribution in [2.24, 2.45) is 5.73 Å². The van der Waals surface area contributed by atoms with Crippen molar-refractivity contribution in [3.05, 3.63) is 29.8 Å². The van der Waals surface area contributed by atoms with Crippen LogP contribution in [-0.2, 0) is 4.74 Å². The van der Waals surface area contributed by atoms with Gasteiger partial charge in [-0.05, 0) is 39.1 Å². The van der Waals surface area contributed by atoms with E-state index in [9.17, 15) is 15.0 Å². The second-order valence-electron chi connectivity index (χ2n) is 5.97. The largest absolute Gasteiger partial charge is 0.444 e. The zero-order valence-electron chi connectivity index (χ0n) is 13.4. The molecule has 1 aromatic carbocycles. The smallest absolute Gasteiger partial charge is 0.407 e. The van der Waals surface area contributed by atoms with Gasteiger partial charge < -0.3 is 31.3 Å². The minimum Gasteiger partial charge on any atom is -0.444 e. The highest BCUT2D eigenvalue weighted by molar-refractivity contribution is 7.80. The lowest BCUT2D eigenvalue weighted by Gasteiger charge is -2.23. The van der Waals surface area contributed by atoms with Crippen LogP contribution in [0, 0.1) is 0 Å². The lowest BCUT2D eigenvalue weighted by molar-refractivity contribution is 0.0133. The van der Waals surface area contributed by atoms with Crippen molar-refractivity contribution in [2.75, 3.05) is 11.9 Å². The fourth-order valence-corrected chi connectivity index (χ4v) is 1.93. The maximum atomic E-state index is 11.6. The molecule has 6 N–H and O–H groups in total. The summed E-state index contributed by atoms with van der Waals surface area (Å²) in [5, 5.41) is 25.5. The summed E-state index contributed by atoms with van der Waals surface area (Å²) in [6.07, 6.45) is -3.13. The van der Waals surface area contributed by atoms with E-state index in [1.807, 2.05) is 0 Å². The molecule has 0 aliphatic rings. The highest BCUT2D eigenvalue weighted by Crippen LogP contribution is 2.25. The number of thiocarbonyl (C=S) groups is 1. The summed E-state index contributed by atoms with van der Waals surface area (Å²) in [4.78, 5) is 11.6. The number of carbonyl (C=O) groups excluding carboxylic acids is 1. The Balaban J connectivity index is 2.68. The third kappa shape index (κ3) is 6.81. The first-order chi connectivity index (χ1) is 10.6. The number of alkyl carbamates (subject to hydrolysis) is 1. The number of para-hydroxylation sites is 1. The van der Waals surface area contributed by atoms with Gasteiger partial charge in [-0.15, -0.1) is 0 Å². The molecular formula is C15H23N3O4S. The van der Waals surface area contributed by atoms with E-state index in [2.05, 4.69) is 10.6 Å². The van der Waals surface area contributed by atoms with Crippen molar-refractivity contribution < 1.29 is 19.7 Å². The summed E-state index contributed by atoms with van der Waals surface area (Å²) >= 11 is 4.77. The third-order valence-corrected chi connectivity index (χ3v) is 2.86. The number of aliphatic hydroxyl groups excluding tert-OH is 2. The standard InChI is InChI=1S/C15H23N3O4S/c1-15(2,3)22-14(21)17-8-11(19)12(20)9-6-4-5-7-10(9)18-13(16)23/h4-7,11-12,19-20H,8H2,1-3H3,(H,17,21)(H3,16,18,23). The van der Waals surface area contributed by atoms with Crippen molar-refractivity contribution in [3.8, 4) is 0 Å². The highest BCUT2D eigenvalue weighted by atomic mass is 32.1. The Labute approximate surface area is 140 Å². The maximum Gasteiger partial charge on any atom is 0.407 e. The van der Waals surface area contributed by atoms with Gasteiger partial charge in [-0.2, -0.15) is 0 Å². The Hall–Kier alpha value is -1.90. The average Bonchev–Trinajstić information content (AvgIpc) is 2.42. The second-order valence-corrected chi connectivity index (χ2v) is 6.41. The van der Waals surface area contributed by atoms with Crippen molar-refractivity contribution in [3.63, 3.8) is 0 Å². The fraction of sp³-hybridized carbons (Fsp3) is 0.467. The van der Waals surface area contributed by atoms with Gasteiger partial charge in [0.25, 0.3) is 0 Å². The summed E-state index contributed by atoms with van der Waals surface area (Å²) in [7, 11) is 0. The Morgan fingerprint density at radius 1 is 1.35 bits per heavy atom. The molecule has 1 amide bonds. The van der Waals surface area contributed by atoms with Crippen molar-refractivity contribution >= 4 is 29.1 Å². The van der Waals surface area contributed by atoms with Gasteiger partial charge in [-0.3, -0.25) is 0 Å². The predicted molar refractivity (Wildman–Crippen MR) is 92.1 cm³/mol. The first-order valence-electron chi connectivity index (χ1n) is 7.08. The zero-order chi connectivity index (χ0) is 17.6. The number of anilines is 1. The van der Waals surface area contributed by atoms with Gasteiger partial charge in [-0.1, -0.05) is 18.2 Å². The summed E-state index contributed by atoms with van der Waals surface area (Å²) in [6, 6.07) is 6.74. The number of rotatable bonds is 5. The Bertz CT molecular complexity index is 560. The zero-order valence-corrected chi connectivity index (χ0v) is 14.2. The maximum absolute atomic E-state index is 11.6. The number of carbonyl (C=O) groups is 1. The monoisotopic (exact) mass is 341 g/mol. The first-order valence-corrected chi connectivity index (χ1v) is 7.49. The molecule has 1 aromatic rings. The molecule has 2 atom stereocenters. The van der Waals surface area contributed by atoms with Crippen LogP contribution in [0.5, 0.6) is 0 Å². The molecule has 23 heavy (non-hydrogen) atoms. The number of benzene rings is 1. The summed E-state index contributed by atoms with van der Waals surface area (Å²) < 4.78 is 5.06. The molecule has 1 rings (SSSR count). The number of nitrogens with one attached hydrogen (secondary N) is 2. The number of ether oxygens (including phenoxy) is 1. The Morgan fingerprint density at radius 2 is 1.96 bits per heavy atom. The van der Waals surface area contributed by atoms with Crippen molar-refractivity contribution in [1.82, 2.24) is 5.32 Å². The van der Waals surface area contributed by atoms with E-state index < -0.39 is 23.9 Å². The van der Waals surface area contributed by atoms with E-state index in [0.717, 1.165) is 0 Å². The molecule has 0 aliphatic carbocycles. The van der Waals surface area contributed by atoms with Crippen LogP contribution in [0.4, 0.5) is 10.5 Å². The number of hydrogen-bond acceptors (Lipinski definition) is 5. The van der Waals surface area contributed by atoms with Gasteiger partial charge in [0.05, 0.1) is 0 Å². The molecule has 0 fully saturated rings. The van der Waals surface area contributed by atoms with Crippen LogP contribution in [-0.4, -0.2) is 39.7 Å². The van der Waals surface area contributed by atoms with Crippen LogP contribution < -0.4 is 16.4 Å². The Morgan fingerprint density at radius 3 is 2.52 bits per heavy atom. The topological polar surface area (TPSA) is 117 Å². The van der Waals surface area contributed by atoms with Crippen LogP contribution in [0.2, 0.25) is 0 Å². The third-order valence-electron chi connectivity index (χ3n) is 2.76. The van der Waals surface area contributed by atoms with Crippen LogP contribution in [0.25, 0.3) is 0 Å². The Kier molecular flexibility index (Phi) is 6.74. The van der Waals surface area contributed by atoms with Crippen molar-refractivity contribution in [1.29, 1.82) is 0 Å². The van der Waals surface area contributed by atoms with E-state index in [-0.39, 0.29) is 11.7 Å². The number of aliphatic hydroxyl groups is 2.